The molecule has 1 fully saturated rings. The van der Waals surface area contributed by atoms with Crippen LogP contribution in [0.15, 0.2) is 72.8 Å². The van der Waals surface area contributed by atoms with E-state index in [4.69, 9.17) is 4.74 Å². The lowest BCUT2D eigenvalue weighted by Crippen LogP contribution is -2.46. The minimum absolute atomic E-state index is 0.0238. The van der Waals surface area contributed by atoms with Crippen molar-refractivity contribution in [3.63, 3.8) is 0 Å². The zero-order chi connectivity index (χ0) is 24.1. The minimum Gasteiger partial charge on any atom is -0.497 e. The highest BCUT2D eigenvalue weighted by Crippen LogP contribution is 2.32. The molecule has 0 aliphatic carbocycles. The SMILES string of the molecule is CCc1ccc([C@@H]2C[C@@H](C(=O)Nc3ccc(OC)cc3)CN(C(=O)c3ccc(F)cc3)C2)cc1. The van der Waals surface area contributed by atoms with Crippen molar-refractivity contribution in [1.29, 1.82) is 0 Å². The molecule has 1 aliphatic heterocycles. The third-order valence-corrected chi connectivity index (χ3v) is 6.42. The van der Waals surface area contributed by atoms with Gasteiger partial charge in [0, 0.05) is 30.3 Å². The number of nitrogens with zero attached hydrogens (tertiary/aromatic N) is 1. The van der Waals surface area contributed by atoms with E-state index in [0.29, 0.717) is 36.5 Å². The Kier molecular flexibility index (Phi) is 7.26. The average Bonchev–Trinajstić information content (AvgIpc) is 2.89. The highest BCUT2D eigenvalue weighted by molar-refractivity contribution is 5.96. The van der Waals surface area contributed by atoms with Gasteiger partial charge in [0.05, 0.1) is 13.0 Å². The number of hydrogen-bond donors (Lipinski definition) is 1. The van der Waals surface area contributed by atoms with Crippen molar-refractivity contribution in [3.8, 4) is 5.75 Å². The van der Waals surface area contributed by atoms with Gasteiger partial charge in [-0.05, 0) is 72.5 Å². The van der Waals surface area contributed by atoms with Gasteiger partial charge in [0.2, 0.25) is 5.91 Å². The third-order valence-electron chi connectivity index (χ3n) is 6.42. The number of carbonyl (C=O) groups excluding carboxylic acids is 2. The van der Waals surface area contributed by atoms with Gasteiger partial charge in [-0.15, -0.1) is 0 Å². The van der Waals surface area contributed by atoms with Gasteiger partial charge in [-0.3, -0.25) is 9.59 Å². The van der Waals surface area contributed by atoms with E-state index in [1.54, 1.807) is 36.3 Å². The van der Waals surface area contributed by atoms with Crippen molar-refractivity contribution in [3.05, 3.63) is 95.3 Å². The Morgan fingerprint density at radius 2 is 1.65 bits per heavy atom. The van der Waals surface area contributed by atoms with E-state index in [1.165, 1.54) is 29.8 Å². The molecule has 1 saturated heterocycles. The summed E-state index contributed by atoms with van der Waals surface area (Å²) in [6.07, 6.45) is 1.59. The van der Waals surface area contributed by atoms with Gasteiger partial charge in [-0.1, -0.05) is 31.2 Å². The van der Waals surface area contributed by atoms with Crippen molar-refractivity contribution in [1.82, 2.24) is 4.90 Å². The number of carbonyl (C=O) groups is 2. The van der Waals surface area contributed by atoms with Gasteiger partial charge in [0.25, 0.3) is 5.91 Å². The Balaban J connectivity index is 1.56. The van der Waals surface area contributed by atoms with Gasteiger partial charge < -0.3 is 15.0 Å². The number of hydrogen-bond acceptors (Lipinski definition) is 3. The lowest BCUT2D eigenvalue weighted by atomic mass is 9.83. The predicted octanol–water partition coefficient (Wildman–Crippen LogP) is 5.28. The average molecular weight is 461 g/mol. The van der Waals surface area contributed by atoms with Crippen molar-refractivity contribution in [2.24, 2.45) is 5.92 Å². The summed E-state index contributed by atoms with van der Waals surface area (Å²) in [6.45, 7) is 2.92. The number of rotatable bonds is 6. The van der Waals surface area contributed by atoms with Crippen LogP contribution in [0.5, 0.6) is 5.75 Å². The zero-order valence-electron chi connectivity index (χ0n) is 19.5. The topological polar surface area (TPSA) is 58.6 Å². The quantitative estimate of drug-likeness (QED) is 0.544. The Morgan fingerprint density at radius 3 is 2.26 bits per heavy atom. The molecule has 34 heavy (non-hydrogen) atoms. The molecule has 3 aromatic rings. The molecule has 1 heterocycles. The van der Waals surface area contributed by atoms with Gasteiger partial charge >= 0.3 is 0 Å². The van der Waals surface area contributed by atoms with Crippen LogP contribution < -0.4 is 10.1 Å². The maximum Gasteiger partial charge on any atom is 0.253 e. The van der Waals surface area contributed by atoms with Crippen LogP contribution in [0.3, 0.4) is 0 Å². The van der Waals surface area contributed by atoms with E-state index in [1.807, 2.05) is 0 Å². The Morgan fingerprint density at radius 1 is 0.971 bits per heavy atom. The van der Waals surface area contributed by atoms with Crippen molar-refractivity contribution >= 4 is 17.5 Å². The second-order valence-corrected chi connectivity index (χ2v) is 8.66. The van der Waals surface area contributed by atoms with Crippen LogP contribution in [0.1, 0.15) is 40.7 Å². The summed E-state index contributed by atoms with van der Waals surface area (Å²) in [5.74, 6) is -0.357. The first-order valence-corrected chi connectivity index (χ1v) is 11.6. The summed E-state index contributed by atoms with van der Waals surface area (Å²) in [7, 11) is 1.59. The monoisotopic (exact) mass is 460 g/mol. The molecule has 0 unspecified atom stereocenters. The maximum absolute atomic E-state index is 13.4. The molecule has 0 aromatic heterocycles. The number of methoxy groups -OCH3 is 1. The van der Waals surface area contributed by atoms with Crippen LogP contribution in [0.4, 0.5) is 10.1 Å². The smallest absolute Gasteiger partial charge is 0.253 e. The highest BCUT2D eigenvalue weighted by atomic mass is 19.1. The fourth-order valence-electron chi connectivity index (χ4n) is 4.42. The fourth-order valence-corrected chi connectivity index (χ4v) is 4.42. The normalized spacial score (nSPS) is 17.8. The summed E-state index contributed by atoms with van der Waals surface area (Å²) in [5, 5.41) is 2.98. The van der Waals surface area contributed by atoms with E-state index in [-0.39, 0.29) is 29.5 Å². The van der Waals surface area contributed by atoms with E-state index in [2.05, 4.69) is 36.5 Å². The number of aryl methyl sites for hydroxylation is 1. The molecule has 2 amide bonds. The number of nitrogens with one attached hydrogen (secondary N) is 1. The number of ether oxygens (including phenoxy) is 1. The molecule has 0 bridgehead atoms. The largest absolute Gasteiger partial charge is 0.497 e. The van der Waals surface area contributed by atoms with Crippen molar-refractivity contribution in [2.45, 2.75) is 25.7 Å². The fraction of sp³-hybridized carbons (Fsp3) is 0.286. The molecular formula is C28H29FN2O3. The molecule has 5 nitrogen and oxygen atoms in total. The molecule has 176 valence electrons. The number of piperidine rings is 1. The number of likely N-dealkylation sites (tertiary alicyclic amines) is 1. The lowest BCUT2D eigenvalue weighted by Gasteiger charge is -2.37. The third kappa shape index (κ3) is 5.45. The van der Waals surface area contributed by atoms with Crippen LogP contribution in [0.2, 0.25) is 0 Å². The molecule has 0 spiro atoms. The zero-order valence-corrected chi connectivity index (χ0v) is 19.5. The predicted molar refractivity (Wildman–Crippen MR) is 131 cm³/mol. The van der Waals surface area contributed by atoms with E-state index in [9.17, 15) is 14.0 Å². The molecule has 3 aromatic carbocycles. The van der Waals surface area contributed by atoms with Crippen LogP contribution >= 0.6 is 0 Å². The minimum atomic E-state index is -0.388. The van der Waals surface area contributed by atoms with Crippen molar-refractivity contribution in [2.75, 3.05) is 25.5 Å². The van der Waals surface area contributed by atoms with Crippen LogP contribution in [-0.2, 0) is 11.2 Å². The molecule has 0 radical (unpaired) electrons. The summed E-state index contributed by atoms with van der Waals surface area (Å²) in [4.78, 5) is 28.2. The molecule has 6 heteroatoms. The van der Waals surface area contributed by atoms with Gasteiger partial charge in [-0.25, -0.2) is 4.39 Å². The van der Waals surface area contributed by atoms with Gasteiger partial charge in [0.1, 0.15) is 11.6 Å². The Bertz CT molecular complexity index is 1130. The maximum atomic E-state index is 13.4. The molecule has 0 saturated carbocycles. The highest BCUT2D eigenvalue weighted by Gasteiger charge is 2.35. The summed E-state index contributed by atoms with van der Waals surface area (Å²) in [5.41, 5.74) is 3.44. The molecule has 2 atom stereocenters. The molecular weight excluding hydrogens is 431 g/mol. The molecule has 4 rings (SSSR count). The van der Waals surface area contributed by atoms with Crippen LogP contribution in [-0.4, -0.2) is 36.9 Å². The summed E-state index contributed by atoms with van der Waals surface area (Å²) < 4.78 is 18.6. The first kappa shape index (κ1) is 23.5. The van der Waals surface area contributed by atoms with Crippen molar-refractivity contribution < 1.29 is 18.7 Å². The first-order chi connectivity index (χ1) is 16.5. The molecule has 1 aliphatic rings. The van der Waals surface area contributed by atoms with E-state index in [0.717, 1.165) is 12.0 Å². The van der Waals surface area contributed by atoms with Crippen LogP contribution in [0.25, 0.3) is 0 Å². The Hall–Kier alpha value is -3.67. The second kappa shape index (κ2) is 10.5. The van der Waals surface area contributed by atoms with Crippen LogP contribution in [0, 0.1) is 11.7 Å². The number of benzene rings is 3. The summed E-state index contributed by atoms with van der Waals surface area (Å²) in [6, 6.07) is 21.1. The number of anilines is 1. The summed E-state index contributed by atoms with van der Waals surface area (Å²) >= 11 is 0. The number of halogens is 1. The number of amides is 2. The van der Waals surface area contributed by atoms with Gasteiger partial charge in [0.15, 0.2) is 0 Å². The molecule has 1 N–H and O–H groups in total. The van der Waals surface area contributed by atoms with E-state index >= 15 is 0 Å². The second-order valence-electron chi connectivity index (χ2n) is 8.66. The lowest BCUT2D eigenvalue weighted by molar-refractivity contribution is -0.121. The Labute approximate surface area is 199 Å². The first-order valence-electron chi connectivity index (χ1n) is 11.6. The van der Waals surface area contributed by atoms with Gasteiger partial charge in [-0.2, -0.15) is 0 Å². The standard InChI is InChI=1S/C28H29FN2O3/c1-3-19-4-6-20(7-5-19)22-16-23(27(32)30-25-12-14-26(34-2)15-13-25)18-31(17-22)28(33)21-8-10-24(29)11-9-21/h4-15,22-23H,3,16-18H2,1-2H3,(H,30,32)/t22-,23-/m1/s1. The van der Waals surface area contributed by atoms with E-state index < -0.39 is 0 Å².